The molecule has 0 aromatic heterocycles. The molecule has 0 aromatic carbocycles. The molecule has 2 bridgehead atoms. The molecular weight excluding hydrogens is 138 g/mol. The first-order valence-electron chi connectivity index (χ1n) is 4.67. The van der Waals surface area contributed by atoms with Crippen molar-refractivity contribution >= 4 is 0 Å². The molecule has 64 valence electrons. The van der Waals surface area contributed by atoms with E-state index in [0.717, 1.165) is 18.4 Å². The van der Waals surface area contributed by atoms with E-state index >= 15 is 0 Å². The molecule has 0 saturated heterocycles. The Bertz CT molecular complexity index is 132. The molecule has 4 atom stereocenters. The first-order valence-corrected chi connectivity index (χ1v) is 4.67. The third-order valence-electron chi connectivity index (χ3n) is 3.76. The van der Waals surface area contributed by atoms with Crippen LogP contribution in [0.15, 0.2) is 0 Å². The van der Waals surface area contributed by atoms with Crippen LogP contribution in [0.25, 0.3) is 0 Å². The lowest BCUT2D eigenvalue weighted by molar-refractivity contribution is 0.128. The molecule has 0 amide bonds. The third-order valence-corrected chi connectivity index (χ3v) is 3.76. The summed E-state index contributed by atoms with van der Waals surface area (Å²) in [7, 11) is 0. The second kappa shape index (κ2) is 2.76. The fourth-order valence-electron chi connectivity index (χ4n) is 3.18. The molecule has 0 aromatic rings. The average molecular weight is 155 g/mol. The second-order valence-electron chi connectivity index (χ2n) is 4.08. The predicted molar refractivity (Wildman–Crippen MR) is 44.0 cm³/mol. The van der Waals surface area contributed by atoms with Gasteiger partial charge in [0.15, 0.2) is 0 Å². The molecule has 3 N–H and O–H groups in total. The normalized spacial score (nSPS) is 48.5. The Labute approximate surface area is 67.8 Å². The highest BCUT2D eigenvalue weighted by Gasteiger charge is 2.46. The smallest absolute Gasteiger partial charge is 0.0465 e. The Balaban J connectivity index is 2.08. The van der Waals surface area contributed by atoms with Crippen LogP contribution in [0.5, 0.6) is 0 Å². The minimum atomic E-state index is 0.364. The zero-order valence-corrected chi connectivity index (χ0v) is 6.87. The third kappa shape index (κ3) is 1.00. The average Bonchev–Trinajstić information content (AvgIpc) is 2.60. The topological polar surface area (TPSA) is 46.2 Å². The summed E-state index contributed by atoms with van der Waals surface area (Å²) < 4.78 is 0. The molecule has 0 radical (unpaired) electrons. The van der Waals surface area contributed by atoms with Crippen molar-refractivity contribution in [2.24, 2.45) is 29.4 Å². The summed E-state index contributed by atoms with van der Waals surface area (Å²) in [6, 6.07) is 0. The van der Waals surface area contributed by atoms with Crippen LogP contribution in [-0.2, 0) is 0 Å². The first-order chi connectivity index (χ1) is 5.36. The molecule has 0 spiro atoms. The largest absolute Gasteiger partial charge is 0.396 e. The van der Waals surface area contributed by atoms with E-state index in [1.54, 1.807) is 0 Å². The van der Waals surface area contributed by atoms with E-state index in [1.165, 1.54) is 19.3 Å². The van der Waals surface area contributed by atoms with Gasteiger partial charge in [0.05, 0.1) is 0 Å². The van der Waals surface area contributed by atoms with Gasteiger partial charge in [-0.05, 0) is 49.5 Å². The minimum Gasteiger partial charge on any atom is -0.396 e. The first kappa shape index (κ1) is 7.56. The van der Waals surface area contributed by atoms with Gasteiger partial charge < -0.3 is 10.8 Å². The number of rotatable bonds is 2. The Morgan fingerprint density at radius 1 is 1.18 bits per heavy atom. The summed E-state index contributed by atoms with van der Waals surface area (Å²) >= 11 is 0. The van der Waals surface area contributed by atoms with Crippen LogP contribution in [0, 0.1) is 23.7 Å². The number of hydrogen-bond donors (Lipinski definition) is 2. The highest BCUT2D eigenvalue weighted by molar-refractivity contribution is 4.96. The van der Waals surface area contributed by atoms with Gasteiger partial charge in [-0.1, -0.05) is 0 Å². The molecule has 0 aliphatic heterocycles. The second-order valence-corrected chi connectivity index (χ2v) is 4.08. The van der Waals surface area contributed by atoms with Gasteiger partial charge in [-0.15, -0.1) is 0 Å². The van der Waals surface area contributed by atoms with Crippen molar-refractivity contribution < 1.29 is 5.11 Å². The zero-order chi connectivity index (χ0) is 7.84. The predicted octanol–water partition coefficient (Wildman–Crippen LogP) is 0.600. The van der Waals surface area contributed by atoms with Crippen LogP contribution in [-0.4, -0.2) is 18.3 Å². The quantitative estimate of drug-likeness (QED) is 0.613. The number of aliphatic hydroxyl groups excluding tert-OH is 1. The molecule has 2 aliphatic carbocycles. The lowest BCUT2D eigenvalue weighted by atomic mass is 9.80. The van der Waals surface area contributed by atoms with Crippen molar-refractivity contribution in [2.45, 2.75) is 19.3 Å². The maximum atomic E-state index is 9.13. The summed E-state index contributed by atoms with van der Waals surface area (Å²) in [6.45, 7) is 1.15. The molecule has 0 heterocycles. The summed E-state index contributed by atoms with van der Waals surface area (Å²) in [5.74, 6) is 2.83. The van der Waals surface area contributed by atoms with E-state index in [9.17, 15) is 0 Å². The van der Waals surface area contributed by atoms with Crippen molar-refractivity contribution in [1.29, 1.82) is 0 Å². The van der Waals surface area contributed by atoms with Crippen molar-refractivity contribution in [3.63, 3.8) is 0 Å². The highest BCUT2D eigenvalue weighted by Crippen LogP contribution is 2.51. The van der Waals surface area contributed by atoms with Gasteiger partial charge in [0.2, 0.25) is 0 Å². The van der Waals surface area contributed by atoms with Crippen LogP contribution in [0.2, 0.25) is 0 Å². The maximum Gasteiger partial charge on any atom is 0.0465 e. The highest BCUT2D eigenvalue weighted by atomic mass is 16.3. The molecule has 2 saturated carbocycles. The zero-order valence-electron chi connectivity index (χ0n) is 6.87. The van der Waals surface area contributed by atoms with Gasteiger partial charge in [0.1, 0.15) is 0 Å². The van der Waals surface area contributed by atoms with Gasteiger partial charge in [-0.25, -0.2) is 0 Å². The summed E-state index contributed by atoms with van der Waals surface area (Å²) in [5.41, 5.74) is 5.68. The molecule has 11 heavy (non-hydrogen) atoms. The van der Waals surface area contributed by atoms with E-state index < -0.39 is 0 Å². The van der Waals surface area contributed by atoms with Crippen LogP contribution in [0.4, 0.5) is 0 Å². The van der Waals surface area contributed by atoms with Gasteiger partial charge in [-0.2, -0.15) is 0 Å². The van der Waals surface area contributed by atoms with Crippen molar-refractivity contribution in [3.05, 3.63) is 0 Å². The van der Waals surface area contributed by atoms with Gasteiger partial charge in [0.25, 0.3) is 0 Å². The molecular formula is C9H17NO. The lowest BCUT2D eigenvalue weighted by Crippen LogP contribution is -2.31. The van der Waals surface area contributed by atoms with Crippen LogP contribution < -0.4 is 5.73 Å². The monoisotopic (exact) mass is 155 g/mol. The minimum absolute atomic E-state index is 0.364. The molecule has 2 rings (SSSR count). The van der Waals surface area contributed by atoms with E-state index in [4.69, 9.17) is 10.8 Å². The van der Waals surface area contributed by atoms with Gasteiger partial charge in [0, 0.05) is 6.61 Å². The number of fused-ring (bicyclic) bond motifs is 2. The standard InChI is InChI=1S/C9H17NO/c10-4-8-6-1-2-7(3-6)9(8)5-11/h6-9,11H,1-5,10H2/t6-,7+,8-,9-/m1/s1. The number of nitrogens with two attached hydrogens (primary N) is 1. The Morgan fingerprint density at radius 2 is 1.82 bits per heavy atom. The van der Waals surface area contributed by atoms with Crippen molar-refractivity contribution in [2.75, 3.05) is 13.2 Å². The fourth-order valence-corrected chi connectivity index (χ4v) is 3.18. The fraction of sp³-hybridized carbons (Fsp3) is 1.00. The number of hydrogen-bond acceptors (Lipinski definition) is 2. The molecule has 2 nitrogen and oxygen atoms in total. The van der Waals surface area contributed by atoms with Crippen LogP contribution in [0.1, 0.15) is 19.3 Å². The lowest BCUT2D eigenvalue weighted by Gasteiger charge is -2.28. The maximum absolute atomic E-state index is 9.13. The van der Waals surface area contributed by atoms with E-state index in [2.05, 4.69) is 0 Å². The Kier molecular flexibility index (Phi) is 1.90. The van der Waals surface area contributed by atoms with Gasteiger partial charge in [-0.3, -0.25) is 0 Å². The Morgan fingerprint density at radius 3 is 2.27 bits per heavy atom. The summed E-state index contributed by atoms with van der Waals surface area (Å²) in [4.78, 5) is 0. The molecule has 0 unspecified atom stereocenters. The molecule has 2 aliphatic rings. The van der Waals surface area contributed by atoms with Crippen molar-refractivity contribution in [3.8, 4) is 0 Å². The summed E-state index contributed by atoms with van der Waals surface area (Å²) in [6.07, 6.45) is 4.04. The van der Waals surface area contributed by atoms with E-state index in [1.807, 2.05) is 0 Å². The number of aliphatic hydroxyl groups is 1. The van der Waals surface area contributed by atoms with Crippen LogP contribution in [0.3, 0.4) is 0 Å². The van der Waals surface area contributed by atoms with Crippen molar-refractivity contribution in [1.82, 2.24) is 0 Å². The Hall–Kier alpha value is -0.0800. The summed E-state index contributed by atoms with van der Waals surface area (Å²) in [5, 5.41) is 9.13. The van der Waals surface area contributed by atoms with E-state index in [-0.39, 0.29) is 0 Å². The van der Waals surface area contributed by atoms with E-state index in [0.29, 0.717) is 18.4 Å². The van der Waals surface area contributed by atoms with Gasteiger partial charge >= 0.3 is 0 Å². The molecule has 2 fully saturated rings. The van der Waals surface area contributed by atoms with Crippen LogP contribution >= 0.6 is 0 Å². The molecule has 2 heteroatoms. The SMILES string of the molecule is NC[C@@H]1[C@@H]2CC[C@@H](C2)[C@H]1CO.